The van der Waals surface area contributed by atoms with E-state index < -0.39 is 0 Å². The predicted molar refractivity (Wildman–Crippen MR) is 81.2 cm³/mol. The first kappa shape index (κ1) is 16.5. The lowest BCUT2D eigenvalue weighted by atomic mass is 9.93. The fourth-order valence-electron chi connectivity index (χ4n) is 2.73. The van der Waals surface area contributed by atoms with Crippen molar-refractivity contribution in [1.82, 2.24) is 10.6 Å². The van der Waals surface area contributed by atoms with E-state index in [1.54, 1.807) is 0 Å². The fraction of sp³-hybridized carbons (Fsp3) is 0.938. The van der Waals surface area contributed by atoms with Crippen LogP contribution in [0, 0.1) is 5.92 Å². The van der Waals surface area contributed by atoms with Crippen molar-refractivity contribution in [2.75, 3.05) is 19.6 Å². The SMILES string of the molecule is CCCCCCCCNC(=O)CCC1CCNCC1. The van der Waals surface area contributed by atoms with Crippen LogP contribution in [0.1, 0.15) is 71.1 Å². The molecule has 2 N–H and O–H groups in total. The number of nitrogens with one attached hydrogen (secondary N) is 2. The molecule has 0 aliphatic carbocycles. The number of carbonyl (C=O) groups is 1. The lowest BCUT2D eigenvalue weighted by molar-refractivity contribution is -0.121. The Morgan fingerprint density at radius 3 is 2.53 bits per heavy atom. The Bertz CT molecular complexity index is 225. The topological polar surface area (TPSA) is 41.1 Å². The molecule has 0 saturated carbocycles. The van der Waals surface area contributed by atoms with Gasteiger partial charge in [-0.15, -0.1) is 0 Å². The Morgan fingerprint density at radius 1 is 1.11 bits per heavy atom. The summed E-state index contributed by atoms with van der Waals surface area (Å²) in [6, 6.07) is 0. The molecule has 0 bridgehead atoms. The molecule has 0 spiro atoms. The molecule has 0 aromatic rings. The first-order chi connectivity index (χ1) is 9.33. The van der Waals surface area contributed by atoms with Gasteiger partial charge in [-0.05, 0) is 44.7 Å². The van der Waals surface area contributed by atoms with Crippen molar-refractivity contribution in [2.45, 2.75) is 71.1 Å². The van der Waals surface area contributed by atoms with Gasteiger partial charge in [0.25, 0.3) is 0 Å². The Morgan fingerprint density at radius 2 is 1.79 bits per heavy atom. The van der Waals surface area contributed by atoms with E-state index in [1.807, 2.05) is 0 Å². The summed E-state index contributed by atoms with van der Waals surface area (Å²) in [5, 5.41) is 6.42. The van der Waals surface area contributed by atoms with Gasteiger partial charge in [-0.3, -0.25) is 4.79 Å². The number of hydrogen-bond acceptors (Lipinski definition) is 2. The Hall–Kier alpha value is -0.570. The van der Waals surface area contributed by atoms with E-state index in [9.17, 15) is 4.79 Å². The Balaban J connectivity index is 1.87. The van der Waals surface area contributed by atoms with Gasteiger partial charge in [0, 0.05) is 13.0 Å². The fourth-order valence-corrected chi connectivity index (χ4v) is 2.73. The lowest BCUT2D eigenvalue weighted by Gasteiger charge is -2.22. The van der Waals surface area contributed by atoms with Gasteiger partial charge in [0.2, 0.25) is 5.91 Å². The van der Waals surface area contributed by atoms with Crippen molar-refractivity contribution in [1.29, 1.82) is 0 Å². The molecule has 0 atom stereocenters. The van der Waals surface area contributed by atoms with E-state index in [4.69, 9.17) is 0 Å². The van der Waals surface area contributed by atoms with Gasteiger partial charge in [0.1, 0.15) is 0 Å². The maximum atomic E-state index is 11.7. The highest BCUT2D eigenvalue weighted by Crippen LogP contribution is 2.17. The molecular weight excluding hydrogens is 236 g/mol. The van der Waals surface area contributed by atoms with Crippen LogP contribution in [0.2, 0.25) is 0 Å². The van der Waals surface area contributed by atoms with E-state index >= 15 is 0 Å². The van der Waals surface area contributed by atoms with E-state index in [1.165, 1.54) is 44.9 Å². The molecule has 3 nitrogen and oxygen atoms in total. The molecule has 1 amide bonds. The van der Waals surface area contributed by atoms with Gasteiger partial charge in [-0.2, -0.15) is 0 Å². The van der Waals surface area contributed by atoms with Crippen LogP contribution >= 0.6 is 0 Å². The molecule has 112 valence electrons. The van der Waals surface area contributed by atoms with Crippen LogP contribution < -0.4 is 10.6 Å². The summed E-state index contributed by atoms with van der Waals surface area (Å²) < 4.78 is 0. The summed E-state index contributed by atoms with van der Waals surface area (Å²) in [5.74, 6) is 1.02. The number of rotatable bonds is 10. The van der Waals surface area contributed by atoms with Crippen molar-refractivity contribution in [3.63, 3.8) is 0 Å². The highest BCUT2D eigenvalue weighted by atomic mass is 16.1. The average molecular weight is 268 g/mol. The van der Waals surface area contributed by atoms with Crippen molar-refractivity contribution in [3.05, 3.63) is 0 Å². The molecule has 0 unspecified atom stereocenters. The quantitative estimate of drug-likeness (QED) is 0.597. The van der Waals surface area contributed by atoms with E-state index in [0.29, 0.717) is 0 Å². The molecule has 1 fully saturated rings. The van der Waals surface area contributed by atoms with Crippen molar-refractivity contribution >= 4 is 5.91 Å². The molecule has 1 aliphatic rings. The van der Waals surface area contributed by atoms with Crippen LogP contribution in [0.4, 0.5) is 0 Å². The van der Waals surface area contributed by atoms with Crippen LogP contribution in [0.3, 0.4) is 0 Å². The summed E-state index contributed by atoms with van der Waals surface area (Å²) in [4.78, 5) is 11.7. The minimum Gasteiger partial charge on any atom is -0.356 e. The average Bonchev–Trinajstić information content (AvgIpc) is 2.45. The van der Waals surface area contributed by atoms with Gasteiger partial charge in [0.15, 0.2) is 0 Å². The largest absolute Gasteiger partial charge is 0.356 e. The second kappa shape index (κ2) is 11.3. The van der Waals surface area contributed by atoms with Crippen molar-refractivity contribution in [3.8, 4) is 0 Å². The summed E-state index contributed by atoms with van der Waals surface area (Å²) in [5.41, 5.74) is 0. The molecule has 1 heterocycles. The monoisotopic (exact) mass is 268 g/mol. The molecule has 1 aliphatic heterocycles. The van der Waals surface area contributed by atoms with Gasteiger partial charge in [-0.1, -0.05) is 39.0 Å². The zero-order valence-electron chi connectivity index (χ0n) is 12.7. The zero-order chi connectivity index (χ0) is 13.8. The Kier molecular flexibility index (Phi) is 9.78. The molecule has 1 saturated heterocycles. The standard InChI is InChI=1S/C16H32N2O/c1-2-3-4-5-6-7-12-18-16(19)9-8-15-10-13-17-14-11-15/h15,17H,2-14H2,1H3,(H,18,19). The van der Waals surface area contributed by atoms with E-state index in [0.717, 1.165) is 44.8 Å². The van der Waals surface area contributed by atoms with Crippen molar-refractivity contribution in [2.24, 2.45) is 5.92 Å². The highest BCUT2D eigenvalue weighted by Gasteiger charge is 2.14. The first-order valence-corrected chi connectivity index (χ1v) is 8.30. The number of piperidine rings is 1. The summed E-state index contributed by atoms with van der Waals surface area (Å²) >= 11 is 0. The Labute approximate surface area is 118 Å². The summed E-state index contributed by atoms with van der Waals surface area (Å²) in [7, 11) is 0. The normalized spacial score (nSPS) is 16.5. The van der Waals surface area contributed by atoms with Gasteiger partial charge >= 0.3 is 0 Å². The molecule has 1 rings (SSSR count). The smallest absolute Gasteiger partial charge is 0.220 e. The minimum absolute atomic E-state index is 0.257. The number of amides is 1. The van der Waals surface area contributed by atoms with Gasteiger partial charge in [0.05, 0.1) is 0 Å². The van der Waals surface area contributed by atoms with Gasteiger partial charge < -0.3 is 10.6 Å². The van der Waals surface area contributed by atoms with Crippen LogP contribution in [0.15, 0.2) is 0 Å². The predicted octanol–water partition coefficient (Wildman–Crippen LogP) is 3.24. The van der Waals surface area contributed by atoms with Crippen LogP contribution in [-0.4, -0.2) is 25.5 Å². The van der Waals surface area contributed by atoms with Crippen LogP contribution in [0.5, 0.6) is 0 Å². The maximum Gasteiger partial charge on any atom is 0.220 e. The van der Waals surface area contributed by atoms with Gasteiger partial charge in [-0.25, -0.2) is 0 Å². The third-order valence-corrected chi connectivity index (χ3v) is 4.09. The third kappa shape index (κ3) is 9.04. The van der Waals surface area contributed by atoms with Crippen LogP contribution in [-0.2, 0) is 4.79 Å². The van der Waals surface area contributed by atoms with Crippen molar-refractivity contribution < 1.29 is 4.79 Å². The molecule has 0 aromatic carbocycles. The first-order valence-electron chi connectivity index (χ1n) is 8.30. The molecule has 3 heteroatoms. The second-order valence-electron chi connectivity index (χ2n) is 5.85. The summed E-state index contributed by atoms with van der Waals surface area (Å²) in [6.07, 6.45) is 12.0. The zero-order valence-corrected chi connectivity index (χ0v) is 12.7. The number of unbranched alkanes of at least 4 members (excludes halogenated alkanes) is 5. The van der Waals surface area contributed by atoms with Crippen LogP contribution in [0.25, 0.3) is 0 Å². The number of hydrogen-bond donors (Lipinski definition) is 2. The van der Waals surface area contributed by atoms with E-state index in [2.05, 4.69) is 17.6 Å². The highest BCUT2D eigenvalue weighted by molar-refractivity contribution is 5.75. The minimum atomic E-state index is 0.257. The lowest BCUT2D eigenvalue weighted by Crippen LogP contribution is -2.29. The molecule has 0 radical (unpaired) electrons. The molecule has 0 aromatic heterocycles. The second-order valence-corrected chi connectivity index (χ2v) is 5.85. The maximum absolute atomic E-state index is 11.7. The van der Waals surface area contributed by atoms with E-state index in [-0.39, 0.29) is 5.91 Å². The molecule has 19 heavy (non-hydrogen) atoms. The summed E-state index contributed by atoms with van der Waals surface area (Å²) in [6.45, 7) is 5.37. The molecular formula is C16H32N2O. The third-order valence-electron chi connectivity index (χ3n) is 4.09. The number of carbonyl (C=O) groups excluding carboxylic acids is 1.